The first kappa shape index (κ1) is 22.0. The first-order valence-electron chi connectivity index (χ1n) is 12.4. The van der Waals surface area contributed by atoms with Crippen molar-refractivity contribution in [3.05, 3.63) is 93.5 Å². The summed E-state index contributed by atoms with van der Waals surface area (Å²) in [7, 11) is 0. The van der Waals surface area contributed by atoms with Gasteiger partial charge in [0.05, 0.1) is 10.8 Å². The highest BCUT2D eigenvalue weighted by Gasteiger charge is 2.69. The summed E-state index contributed by atoms with van der Waals surface area (Å²) in [4.78, 5) is 41.6. The molecule has 9 nitrogen and oxygen atoms in total. The van der Waals surface area contributed by atoms with Crippen LogP contribution < -0.4 is 14.8 Å². The number of hydrogen-bond acceptors (Lipinski definition) is 7. The van der Waals surface area contributed by atoms with Crippen molar-refractivity contribution in [2.75, 3.05) is 18.7 Å². The van der Waals surface area contributed by atoms with Gasteiger partial charge in [0.2, 0.25) is 12.7 Å². The molecule has 4 atom stereocenters. The molecule has 7 rings (SSSR count). The predicted molar refractivity (Wildman–Crippen MR) is 133 cm³/mol. The minimum Gasteiger partial charge on any atom is -0.454 e. The third-order valence-corrected chi connectivity index (χ3v) is 8.34. The fourth-order valence-electron chi connectivity index (χ4n) is 6.94. The van der Waals surface area contributed by atoms with Crippen LogP contribution in [-0.4, -0.2) is 40.9 Å². The molecule has 2 saturated heterocycles. The highest BCUT2D eigenvalue weighted by molar-refractivity contribution is 6.12. The average molecular weight is 498 g/mol. The first-order chi connectivity index (χ1) is 18.0. The smallest absolute Gasteiger partial charge is 0.269 e. The number of Topliss-reactive ketones (excluding diaryl/α,β-unsaturated/α-hetero) is 1. The van der Waals surface area contributed by atoms with Crippen LogP contribution in [0, 0.1) is 16.0 Å². The molecule has 0 saturated carbocycles. The molecule has 4 aliphatic heterocycles. The maximum atomic E-state index is 14.5. The maximum absolute atomic E-state index is 14.5. The van der Waals surface area contributed by atoms with Gasteiger partial charge in [0, 0.05) is 40.9 Å². The van der Waals surface area contributed by atoms with Gasteiger partial charge in [-0.2, -0.15) is 0 Å². The van der Waals surface area contributed by atoms with Gasteiger partial charge < -0.3 is 14.8 Å². The van der Waals surface area contributed by atoms with E-state index in [9.17, 15) is 19.7 Å². The molecular formula is C28H23N3O6. The Kier molecular flexibility index (Phi) is 4.68. The molecule has 4 heterocycles. The Morgan fingerprint density at radius 1 is 1.05 bits per heavy atom. The largest absolute Gasteiger partial charge is 0.454 e. The first-order valence-corrected chi connectivity index (χ1v) is 12.4. The Morgan fingerprint density at radius 2 is 1.84 bits per heavy atom. The zero-order chi connectivity index (χ0) is 25.3. The molecule has 0 bridgehead atoms. The molecule has 3 aromatic carbocycles. The van der Waals surface area contributed by atoms with E-state index in [1.54, 1.807) is 30.3 Å². The van der Waals surface area contributed by atoms with E-state index in [-0.39, 0.29) is 36.1 Å². The number of para-hydroxylation sites is 1. The molecular weight excluding hydrogens is 474 g/mol. The summed E-state index contributed by atoms with van der Waals surface area (Å²) in [6.45, 7) is 0.776. The van der Waals surface area contributed by atoms with Crippen molar-refractivity contribution in [2.45, 2.75) is 30.3 Å². The molecule has 37 heavy (non-hydrogen) atoms. The van der Waals surface area contributed by atoms with E-state index in [1.807, 2.05) is 24.3 Å². The van der Waals surface area contributed by atoms with Crippen molar-refractivity contribution >= 4 is 23.1 Å². The van der Waals surface area contributed by atoms with Crippen molar-refractivity contribution in [3.63, 3.8) is 0 Å². The highest BCUT2D eigenvalue weighted by Crippen LogP contribution is 2.61. The summed E-state index contributed by atoms with van der Waals surface area (Å²) < 4.78 is 11.0. The quantitative estimate of drug-likeness (QED) is 0.326. The van der Waals surface area contributed by atoms with Gasteiger partial charge in [0.25, 0.3) is 5.69 Å². The molecule has 1 spiro atoms. The molecule has 3 aromatic rings. The van der Waals surface area contributed by atoms with Crippen LogP contribution in [-0.2, 0) is 10.3 Å². The fraction of sp³-hybridized carbons (Fsp3) is 0.286. The molecule has 2 fully saturated rings. The van der Waals surface area contributed by atoms with Crippen molar-refractivity contribution < 1.29 is 24.0 Å². The lowest BCUT2D eigenvalue weighted by Gasteiger charge is -2.36. The monoisotopic (exact) mass is 497 g/mol. The summed E-state index contributed by atoms with van der Waals surface area (Å²) in [6, 6.07) is 19.1. The topological polar surface area (TPSA) is 111 Å². The van der Waals surface area contributed by atoms with Gasteiger partial charge in [-0.3, -0.25) is 24.6 Å². The lowest BCUT2D eigenvalue weighted by Crippen LogP contribution is -2.52. The number of nitro groups is 1. The van der Waals surface area contributed by atoms with E-state index in [2.05, 4.69) is 10.2 Å². The number of fused-ring (bicyclic) bond motifs is 5. The number of nitro benzene ring substituents is 1. The predicted octanol–water partition coefficient (Wildman–Crippen LogP) is 4.23. The lowest BCUT2D eigenvalue weighted by atomic mass is 9.68. The summed E-state index contributed by atoms with van der Waals surface area (Å²) in [5.41, 5.74) is 1.58. The molecule has 186 valence electrons. The van der Waals surface area contributed by atoms with Crippen LogP contribution in [0.3, 0.4) is 0 Å². The van der Waals surface area contributed by atoms with E-state index in [4.69, 9.17) is 9.47 Å². The molecule has 0 aliphatic carbocycles. The second-order valence-corrected chi connectivity index (χ2v) is 9.95. The number of anilines is 1. The number of hydrogen-bond donors (Lipinski definition) is 1. The molecule has 4 aliphatic rings. The van der Waals surface area contributed by atoms with Crippen molar-refractivity contribution in [1.29, 1.82) is 0 Å². The highest BCUT2D eigenvalue weighted by atomic mass is 16.7. The van der Waals surface area contributed by atoms with Crippen LogP contribution in [0.5, 0.6) is 11.5 Å². The number of rotatable bonds is 4. The molecule has 1 amide bonds. The Balaban J connectivity index is 1.44. The molecule has 9 heteroatoms. The third-order valence-electron chi connectivity index (χ3n) is 8.34. The minimum absolute atomic E-state index is 0.0117. The van der Waals surface area contributed by atoms with Gasteiger partial charge in [-0.15, -0.1) is 0 Å². The number of ether oxygens (including phenoxy) is 2. The summed E-state index contributed by atoms with van der Waals surface area (Å²) in [5.74, 6) is -0.371. The van der Waals surface area contributed by atoms with E-state index in [0.29, 0.717) is 29.3 Å². The van der Waals surface area contributed by atoms with E-state index in [0.717, 1.165) is 24.0 Å². The Hall–Kier alpha value is -4.24. The molecule has 1 N–H and O–H groups in total. The minimum atomic E-state index is -1.18. The van der Waals surface area contributed by atoms with E-state index < -0.39 is 16.4 Å². The van der Waals surface area contributed by atoms with Gasteiger partial charge in [-0.1, -0.05) is 30.3 Å². The van der Waals surface area contributed by atoms with Gasteiger partial charge in [0.1, 0.15) is 5.54 Å². The number of benzene rings is 3. The van der Waals surface area contributed by atoms with Gasteiger partial charge >= 0.3 is 0 Å². The molecule has 3 unspecified atom stereocenters. The van der Waals surface area contributed by atoms with Crippen LogP contribution in [0.2, 0.25) is 0 Å². The lowest BCUT2D eigenvalue weighted by molar-refractivity contribution is -0.384. The second kappa shape index (κ2) is 7.88. The van der Waals surface area contributed by atoms with E-state index in [1.165, 1.54) is 12.1 Å². The standard InChI is InChI=1S/C28H23N3O6/c32-26(17-9-12-22-23(14-17)37-15-36-22)25-24(16-7-10-18(11-8-16)31(34)35)21-6-3-13-30(21)28(25)19-4-1-2-5-20(19)29-27(28)33/h1-2,4-5,7-12,14,21,24-25H,3,6,13,15H2,(H,29,33)/t21?,24?,25?,28-/m1/s1. The van der Waals surface area contributed by atoms with Crippen molar-refractivity contribution in [2.24, 2.45) is 5.92 Å². The van der Waals surface area contributed by atoms with Gasteiger partial charge in [0.15, 0.2) is 17.3 Å². The summed E-state index contributed by atoms with van der Waals surface area (Å²) in [5, 5.41) is 14.4. The number of carbonyl (C=O) groups is 2. The zero-order valence-electron chi connectivity index (χ0n) is 19.8. The van der Waals surface area contributed by atoms with Crippen LogP contribution in [0.15, 0.2) is 66.7 Å². The Labute approximate surface area is 212 Å². The summed E-state index contributed by atoms with van der Waals surface area (Å²) in [6.07, 6.45) is 1.72. The number of carbonyl (C=O) groups excluding carboxylic acids is 2. The Bertz CT molecular complexity index is 1470. The number of non-ortho nitro benzene ring substituents is 1. The van der Waals surface area contributed by atoms with Crippen LogP contribution in [0.25, 0.3) is 0 Å². The zero-order valence-corrected chi connectivity index (χ0v) is 19.8. The van der Waals surface area contributed by atoms with Crippen LogP contribution in [0.1, 0.15) is 40.2 Å². The van der Waals surface area contributed by atoms with E-state index >= 15 is 0 Å². The average Bonchev–Trinajstić information content (AvgIpc) is 3.67. The van der Waals surface area contributed by atoms with Gasteiger partial charge in [-0.05, 0) is 49.2 Å². The van der Waals surface area contributed by atoms with Crippen LogP contribution >= 0.6 is 0 Å². The summed E-state index contributed by atoms with van der Waals surface area (Å²) >= 11 is 0. The fourth-order valence-corrected chi connectivity index (χ4v) is 6.94. The SMILES string of the molecule is O=C(c1ccc2c(c1)OCO2)C1C(c2ccc([N+](=O)[O-])cc2)C2CCCN2[C@@]12C(=O)Nc1ccccc12. The maximum Gasteiger partial charge on any atom is 0.269 e. The molecule has 0 radical (unpaired) electrons. The third kappa shape index (κ3) is 2.94. The van der Waals surface area contributed by atoms with Crippen LogP contribution in [0.4, 0.5) is 11.4 Å². The number of ketones is 1. The normalized spacial score (nSPS) is 27.2. The number of nitrogens with zero attached hydrogens (tertiary/aromatic N) is 2. The number of nitrogens with one attached hydrogen (secondary N) is 1. The van der Waals surface area contributed by atoms with Crippen molar-refractivity contribution in [1.82, 2.24) is 4.90 Å². The second-order valence-electron chi connectivity index (χ2n) is 9.95. The van der Waals surface area contributed by atoms with Crippen molar-refractivity contribution in [3.8, 4) is 11.5 Å². The van der Waals surface area contributed by atoms with Gasteiger partial charge in [-0.25, -0.2) is 0 Å². The Morgan fingerprint density at radius 3 is 2.65 bits per heavy atom. The molecule has 0 aromatic heterocycles. The number of amides is 1.